The van der Waals surface area contributed by atoms with Gasteiger partial charge in [-0.2, -0.15) is 0 Å². The highest BCUT2D eigenvalue weighted by molar-refractivity contribution is 5.94. The fraction of sp³-hybridized carbons (Fsp3) is 0.556. The highest BCUT2D eigenvalue weighted by Gasteiger charge is 2.32. The molecule has 0 aromatic carbocycles. The largest absolute Gasteiger partial charge is 0.481 e. The molecule has 0 aliphatic heterocycles. The topological polar surface area (TPSA) is 237 Å². The molecular weight excluding hydrogens is 428 g/mol. The molecule has 0 aliphatic rings. The normalized spacial score (nSPS) is 15.5. The molecule has 0 saturated carbocycles. The Hall–Kier alpha value is -3.52. The van der Waals surface area contributed by atoms with E-state index in [-0.39, 0.29) is 12.8 Å². The van der Waals surface area contributed by atoms with Crippen molar-refractivity contribution in [3.8, 4) is 0 Å². The van der Waals surface area contributed by atoms with E-state index in [9.17, 15) is 29.1 Å². The van der Waals surface area contributed by atoms with Crippen LogP contribution < -0.4 is 21.7 Å². The Labute approximate surface area is 183 Å². The number of aliphatic hydroxyl groups excluding tert-OH is 1. The van der Waals surface area contributed by atoms with Gasteiger partial charge in [-0.15, -0.1) is 0 Å². The van der Waals surface area contributed by atoms with Crippen LogP contribution in [0.15, 0.2) is 12.5 Å². The number of imidazole rings is 1. The summed E-state index contributed by atoms with van der Waals surface area (Å²) < 4.78 is 0. The first-order valence-electron chi connectivity index (χ1n) is 9.69. The molecule has 9 N–H and O–H groups in total. The molecule has 5 unspecified atom stereocenters. The summed E-state index contributed by atoms with van der Waals surface area (Å²) in [5.74, 6) is -5.21. The average molecular weight is 456 g/mol. The van der Waals surface area contributed by atoms with Crippen molar-refractivity contribution in [2.75, 3.05) is 0 Å². The summed E-state index contributed by atoms with van der Waals surface area (Å²) in [6.45, 7) is 2.39. The zero-order chi connectivity index (χ0) is 24.4. The van der Waals surface area contributed by atoms with Crippen LogP contribution in [-0.4, -0.2) is 85.2 Å². The summed E-state index contributed by atoms with van der Waals surface area (Å²) in [6, 6.07) is -5.30. The first kappa shape index (κ1) is 26.5. The second kappa shape index (κ2) is 12.4. The van der Waals surface area contributed by atoms with Gasteiger partial charge in [0.2, 0.25) is 17.7 Å². The highest BCUT2D eigenvalue weighted by atomic mass is 16.4. The van der Waals surface area contributed by atoms with Gasteiger partial charge in [-0.05, 0) is 20.3 Å². The smallest absolute Gasteiger partial charge is 0.325 e. The van der Waals surface area contributed by atoms with Gasteiger partial charge in [-0.1, -0.05) is 0 Å². The Bertz CT molecular complexity index is 812. The molecule has 1 heterocycles. The van der Waals surface area contributed by atoms with Crippen molar-refractivity contribution in [2.45, 2.75) is 63.4 Å². The van der Waals surface area contributed by atoms with Gasteiger partial charge >= 0.3 is 11.9 Å². The number of aromatic amines is 1. The Morgan fingerprint density at radius 1 is 1.06 bits per heavy atom. The van der Waals surface area contributed by atoms with Gasteiger partial charge in [-0.25, -0.2) is 4.98 Å². The molecule has 32 heavy (non-hydrogen) atoms. The Kier molecular flexibility index (Phi) is 10.2. The van der Waals surface area contributed by atoms with E-state index >= 15 is 0 Å². The second-order valence-corrected chi connectivity index (χ2v) is 7.18. The average Bonchev–Trinajstić information content (AvgIpc) is 3.21. The third kappa shape index (κ3) is 8.69. The molecule has 1 rings (SSSR count). The standard InChI is InChI=1S/C18H28N6O8/c1-8(18(31)32)22-17(30)14(9(2)25)24-16(29)12(3-4-13(26)27)23-15(28)11(19)5-10-6-20-7-21-10/h6-9,11-12,14,25H,3-5,19H2,1-2H3,(H,20,21)(H,22,30)(H,23,28)(H,24,29)(H,26,27)(H,31,32). The summed E-state index contributed by atoms with van der Waals surface area (Å²) in [5, 5.41) is 34.4. The van der Waals surface area contributed by atoms with Crippen LogP contribution in [0.1, 0.15) is 32.4 Å². The van der Waals surface area contributed by atoms with Crippen LogP contribution in [-0.2, 0) is 30.4 Å². The number of hydrogen-bond donors (Lipinski definition) is 8. The lowest BCUT2D eigenvalue weighted by molar-refractivity contribution is -0.142. The third-order valence-corrected chi connectivity index (χ3v) is 4.40. The third-order valence-electron chi connectivity index (χ3n) is 4.40. The predicted molar refractivity (Wildman–Crippen MR) is 108 cm³/mol. The number of nitrogens with zero attached hydrogens (tertiary/aromatic N) is 1. The first-order chi connectivity index (χ1) is 14.9. The van der Waals surface area contributed by atoms with Crippen molar-refractivity contribution in [2.24, 2.45) is 5.73 Å². The Morgan fingerprint density at radius 2 is 1.72 bits per heavy atom. The zero-order valence-electron chi connectivity index (χ0n) is 17.6. The van der Waals surface area contributed by atoms with Crippen LogP contribution in [0.2, 0.25) is 0 Å². The second-order valence-electron chi connectivity index (χ2n) is 7.18. The molecule has 0 fully saturated rings. The molecule has 3 amide bonds. The van der Waals surface area contributed by atoms with Crippen molar-refractivity contribution in [1.82, 2.24) is 25.9 Å². The number of carbonyl (C=O) groups excluding carboxylic acids is 3. The predicted octanol–water partition coefficient (Wildman–Crippen LogP) is -2.92. The SMILES string of the molecule is CC(NC(=O)C(NC(=O)C(CCC(=O)O)NC(=O)C(N)Cc1cnc[nH]1)C(C)O)C(=O)O. The Morgan fingerprint density at radius 3 is 2.22 bits per heavy atom. The van der Waals surface area contributed by atoms with Gasteiger partial charge in [0.1, 0.15) is 18.1 Å². The van der Waals surface area contributed by atoms with Gasteiger partial charge in [0.15, 0.2) is 0 Å². The van der Waals surface area contributed by atoms with Gasteiger partial charge in [0.05, 0.1) is 18.5 Å². The van der Waals surface area contributed by atoms with Crippen LogP contribution in [0, 0.1) is 0 Å². The monoisotopic (exact) mass is 456 g/mol. The fourth-order valence-electron chi connectivity index (χ4n) is 2.57. The van der Waals surface area contributed by atoms with E-state index in [0.29, 0.717) is 5.69 Å². The number of carboxylic acids is 2. The number of amides is 3. The molecule has 178 valence electrons. The van der Waals surface area contributed by atoms with E-state index in [1.165, 1.54) is 26.4 Å². The fourth-order valence-corrected chi connectivity index (χ4v) is 2.57. The quantitative estimate of drug-likeness (QED) is 0.150. The lowest BCUT2D eigenvalue weighted by Gasteiger charge is -2.25. The number of carboxylic acid groups (broad SMARTS) is 2. The molecule has 14 nitrogen and oxygen atoms in total. The van der Waals surface area contributed by atoms with Crippen LogP contribution in [0.25, 0.3) is 0 Å². The van der Waals surface area contributed by atoms with Gasteiger partial charge < -0.3 is 42.0 Å². The number of H-pyrrole nitrogens is 1. The molecule has 5 atom stereocenters. The molecular formula is C18H28N6O8. The minimum absolute atomic E-state index is 0.0743. The summed E-state index contributed by atoms with van der Waals surface area (Å²) in [4.78, 5) is 65.8. The van der Waals surface area contributed by atoms with Crippen molar-refractivity contribution < 1.29 is 39.3 Å². The maximum absolute atomic E-state index is 12.7. The summed E-state index contributed by atoms with van der Waals surface area (Å²) >= 11 is 0. The number of aliphatic carboxylic acids is 2. The van der Waals surface area contributed by atoms with Crippen molar-refractivity contribution >= 4 is 29.7 Å². The van der Waals surface area contributed by atoms with Crippen molar-refractivity contribution in [1.29, 1.82) is 0 Å². The first-order valence-corrected chi connectivity index (χ1v) is 9.69. The highest BCUT2D eigenvalue weighted by Crippen LogP contribution is 2.04. The number of nitrogens with two attached hydrogens (primary N) is 1. The minimum atomic E-state index is -1.55. The molecule has 0 bridgehead atoms. The van der Waals surface area contributed by atoms with Crippen molar-refractivity contribution in [3.63, 3.8) is 0 Å². The molecule has 0 aliphatic carbocycles. The lowest BCUT2D eigenvalue weighted by atomic mass is 10.1. The summed E-state index contributed by atoms with van der Waals surface area (Å²) in [6.07, 6.45) is 0.726. The zero-order valence-corrected chi connectivity index (χ0v) is 17.6. The molecule has 1 aromatic rings. The molecule has 0 saturated heterocycles. The summed E-state index contributed by atoms with van der Waals surface area (Å²) in [5.41, 5.74) is 6.39. The minimum Gasteiger partial charge on any atom is -0.481 e. The number of hydrogen-bond acceptors (Lipinski definition) is 8. The van der Waals surface area contributed by atoms with Crippen molar-refractivity contribution in [3.05, 3.63) is 18.2 Å². The molecule has 0 spiro atoms. The van der Waals surface area contributed by atoms with Crippen LogP contribution in [0.3, 0.4) is 0 Å². The number of aromatic nitrogens is 2. The van der Waals surface area contributed by atoms with E-state index in [1.54, 1.807) is 0 Å². The summed E-state index contributed by atoms with van der Waals surface area (Å²) in [7, 11) is 0. The van der Waals surface area contributed by atoms with E-state index in [0.717, 1.165) is 0 Å². The maximum atomic E-state index is 12.7. The number of rotatable bonds is 13. The Balaban J connectivity index is 2.88. The van der Waals surface area contributed by atoms with Crippen LogP contribution in [0.5, 0.6) is 0 Å². The van der Waals surface area contributed by atoms with E-state index < -0.39 is 66.4 Å². The molecule has 14 heteroatoms. The number of carbonyl (C=O) groups is 5. The van der Waals surface area contributed by atoms with Gasteiger partial charge in [0.25, 0.3) is 0 Å². The van der Waals surface area contributed by atoms with E-state index in [2.05, 4.69) is 25.9 Å². The van der Waals surface area contributed by atoms with E-state index in [4.69, 9.17) is 15.9 Å². The van der Waals surface area contributed by atoms with E-state index in [1.807, 2.05) is 0 Å². The van der Waals surface area contributed by atoms with Crippen LogP contribution in [0.4, 0.5) is 0 Å². The maximum Gasteiger partial charge on any atom is 0.325 e. The van der Waals surface area contributed by atoms with Gasteiger partial charge in [-0.3, -0.25) is 24.0 Å². The number of nitrogens with one attached hydrogen (secondary N) is 4. The number of aliphatic hydroxyl groups is 1. The molecule has 0 radical (unpaired) electrons. The van der Waals surface area contributed by atoms with Gasteiger partial charge in [0, 0.05) is 24.7 Å². The lowest BCUT2D eigenvalue weighted by Crippen LogP contribution is -2.59. The molecule has 1 aromatic heterocycles. The van der Waals surface area contributed by atoms with Crippen LogP contribution >= 0.6 is 0 Å².